The van der Waals surface area contributed by atoms with E-state index in [0.717, 1.165) is 29.7 Å². The normalized spacial score (nSPS) is 13.2. The lowest BCUT2D eigenvalue weighted by molar-refractivity contribution is 0.102. The van der Waals surface area contributed by atoms with Crippen LogP contribution < -0.4 is 10.6 Å². The molecule has 0 radical (unpaired) electrons. The van der Waals surface area contributed by atoms with Gasteiger partial charge in [-0.25, -0.2) is 4.79 Å². The van der Waals surface area contributed by atoms with Gasteiger partial charge in [-0.05, 0) is 71.8 Å². The fourth-order valence-electron chi connectivity index (χ4n) is 4.39. The Hall–Kier alpha value is -4.10. The van der Waals surface area contributed by atoms with Gasteiger partial charge in [0.25, 0.3) is 5.91 Å². The number of carbonyl (C=O) groups excluding carboxylic acids is 2. The SMILES string of the molecule is CC(C)(C)c1ccc(C(=O)Nc2ccc(O)c(-c3cc(C4CC4)n(C(=O)NCc4ccccc4Cl)n3)c2)cc1. The van der Waals surface area contributed by atoms with E-state index in [2.05, 4.69) is 36.5 Å². The third kappa shape index (κ3) is 5.99. The van der Waals surface area contributed by atoms with Crippen LogP contribution in [0.25, 0.3) is 11.3 Å². The Morgan fingerprint density at radius 2 is 1.74 bits per heavy atom. The van der Waals surface area contributed by atoms with E-state index < -0.39 is 0 Å². The number of amides is 2. The summed E-state index contributed by atoms with van der Waals surface area (Å²) < 4.78 is 1.37. The Morgan fingerprint density at radius 1 is 1.03 bits per heavy atom. The zero-order chi connectivity index (χ0) is 27.7. The first-order valence-electron chi connectivity index (χ1n) is 13.0. The molecule has 2 amide bonds. The van der Waals surface area contributed by atoms with Crippen molar-refractivity contribution in [1.29, 1.82) is 0 Å². The van der Waals surface area contributed by atoms with Gasteiger partial charge < -0.3 is 15.7 Å². The molecule has 0 saturated heterocycles. The molecule has 8 heteroatoms. The minimum absolute atomic E-state index is 0.00487. The lowest BCUT2D eigenvalue weighted by atomic mass is 9.87. The predicted octanol–water partition coefficient (Wildman–Crippen LogP) is 7.09. The van der Waals surface area contributed by atoms with Gasteiger partial charge in [-0.2, -0.15) is 9.78 Å². The number of phenolic OH excluding ortho intramolecular Hbond substituents is 1. The molecule has 39 heavy (non-hydrogen) atoms. The van der Waals surface area contributed by atoms with Gasteiger partial charge in [0.05, 0.1) is 11.4 Å². The van der Waals surface area contributed by atoms with Crippen molar-refractivity contribution in [2.24, 2.45) is 0 Å². The molecule has 4 aromatic rings. The van der Waals surface area contributed by atoms with E-state index in [1.165, 1.54) is 10.7 Å². The Balaban J connectivity index is 1.36. The first kappa shape index (κ1) is 26.5. The summed E-state index contributed by atoms with van der Waals surface area (Å²) in [7, 11) is 0. The van der Waals surface area contributed by atoms with Gasteiger partial charge in [0.2, 0.25) is 0 Å². The molecule has 1 aliphatic rings. The molecule has 0 unspecified atom stereocenters. The lowest BCUT2D eigenvalue weighted by Gasteiger charge is -2.19. The van der Waals surface area contributed by atoms with Crippen LogP contribution in [0.4, 0.5) is 10.5 Å². The number of nitrogens with zero attached hydrogens (tertiary/aromatic N) is 2. The molecular formula is C31H31ClN4O3. The molecule has 200 valence electrons. The second-order valence-corrected chi connectivity index (χ2v) is 11.3. The number of aromatic hydroxyl groups is 1. The van der Waals surface area contributed by atoms with Gasteiger partial charge >= 0.3 is 6.03 Å². The highest BCUT2D eigenvalue weighted by atomic mass is 35.5. The Labute approximate surface area is 232 Å². The van der Waals surface area contributed by atoms with Gasteiger partial charge in [-0.15, -0.1) is 0 Å². The van der Waals surface area contributed by atoms with E-state index >= 15 is 0 Å². The van der Waals surface area contributed by atoms with E-state index in [0.29, 0.717) is 27.5 Å². The van der Waals surface area contributed by atoms with E-state index in [9.17, 15) is 14.7 Å². The number of rotatable bonds is 6. The third-order valence-electron chi connectivity index (χ3n) is 6.86. The maximum absolute atomic E-state index is 13.1. The van der Waals surface area contributed by atoms with Crippen LogP contribution >= 0.6 is 11.6 Å². The molecule has 0 bridgehead atoms. The average molecular weight is 543 g/mol. The Bertz CT molecular complexity index is 1530. The molecular weight excluding hydrogens is 512 g/mol. The van der Waals surface area contributed by atoms with Gasteiger partial charge in [0.15, 0.2) is 0 Å². The van der Waals surface area contributed by atoms with E-state index in [4.69, 9.17) is 11.6 Å². The Morgan fingerprint density at radius 3 is 2.41 bits per heavy atom. The molecule has 1 aromatic heterocycles. The van der Waals surface area contributed by atoms with Crippen molar-refractivity contribution >= 4 is 29.2 Å². The zero-order valence-electron chi connectivity index (χ0n) is 22.2. The van der Waals surface area contributed by atoms with Crippen molar-refractivity contribution in [2.45, 2.75) is 51.5 Å². The average Bonchev–Trinajstić information content (AvgIpc) is 3.66. The summed E-state index contributed by atoms with van der Waals surface area (Å²) in [5.74, 6) is -0.0142. The highest BCUT2D eigenvalue weighted by molar-refractivity contribution is 6.31. The zero-order valence-corrected chi connectivity index (χ0v) is 22.9. The van der Waals surface area contributed by atoms with Gasteiger partial charge in [0.1, 0.15) is 5.75 Å². The molecule has 3 aromatic carbocycles. The summed E-state index contributed by atoms with van der Waals surface area (Å²) in [6.45, 7) is 6.64. The van der Waals surface area contributed by atoms with E-state index in [-0.39, 0.29) is 35.6 Å². The fraction of sp³-hybridized carbons (Fsp3) is 0.258. The van der Waals surface area contributed by atoms with Crippen molar-refractivity contribution in [3.8, 4) is 17.0 Å². The van der Waals surface area contributed by atoms with E-state index in [1.54, 1.807) is 18.2 Å². The van der Waals surface area contributed by atoms with Crippen molar-refractivity contribution in [2.75, 3.05) is 5.32 Å². The third-order valence-corrected chi connectivity index (χ3v) is 7.23. The predicted molar refractivity (Wildman–Crippen MR) is 153 cm³/mol. The molecule has 1 fully saturated rings. The summed E-state index contributed by atoms with van der Waals surface area (Å²) in [4.78, 5) is 26.0. The van der Waals surface area contributed by atoms with Crippen LogP contribution in [0.1, 0.15) is 66.7 Å². The number of aromatic nitrogens is 2. The summed E-state index contributed by atoms with van der Waals surface area (Å²) in [6, 6.07) is 21.1. The molecule has 0 spiro atoms. The number of phenols is 1. The molecule has 1 heterocycles. The number of hydrogen-bond donors (Lipinski definition) is 3. The molecule has 3 N–H and O–H groups in total. The molecule has 5 rings (SSSR count). The van der Waals surface area contributed by atoms with Gasteiger partial charge in [0, 0.05) is 34.3 Å². The fourth-order valence-corrected chi connectivity index (χ4v) is 4.59. The number of carbonyl (C=O) groups is 2. The van der Waals surface area contributed by atoms with Crippen LogP contribution in [-0.2, 0) is 12.0 Å². The first-order chi connectivity index (χ1) is 18.6. The maximum atomic E-state index is 13.1. The summed E-state index contributed by atoms with van der Waals surface area (Å²) in [6.07, 6.45) is 1.94. The topological polar surface area (TPSA) is 96.2 Å². The Kier molecular flexibility index (Phi) is 7.19. The number of anilines is 1. The molecule has 7 nitrogen and oxygen atoms in total. The van der Waals surface area contributed by atoms with Crippen molar-refractivity contribution in [1.82, 2.24) is 15.1 Å². The van der Waals surface area contributed by atoms with Crippen molar-refractivity contribution in [3.05, 3.63) is 100 Å². The largest absolute Gasteiger partial charge is 0.507 e. The lowest BCUT2D eigenvalue weighted by Crippen LogP contribution is -2.30. The minimum atomic E-state index is -0.370. The van der Waals surface area contributed by atoms with Crippen LogP contribution in [-0.4, -0.2) is 26.8 Å². The maximum Gasteiger partial charge on any atom is 0.342 e. The van der Waals surface area contributed by atoms with Crippen LogP contribution in [0.2, 0.25) is 5.02 Å². The van der Waals surface area contributed by atoms with Crippen molar-refractivity contribution in [3.63, 3.8) is 0 Å². The number of halogens is 1. The smallest absolute Gasteiger partial charge is 0.342 e. The van der Waals surface area contributed by atoms with Crippen molar-refractivity contribution < 1.29 is 14.7 Å². The summed E-state index contributed by atoms with van der Waals surface area (Å²) >= 11 is 6.23. The van der Waals surface area contributed by atoms with Crippen LogP contribution in [0, 0.1) is 0 Å². The number of benzene rings is 3. The highest BCUT2D eigenvalue weighted by Gasteiger charge is 2.31. The molecule has 0 aliphatic heterocycles. The molecule has 1 aliphatic carbocycles. The standard InChI is InChI=1S/C31H31ClN4O3/c1-31(2,3)22-12-10-20(11-13-22)29(38)34-23-14-15-28(37)24(16-23)26-17-27(19-8-9-19)36(35-26)30(39)33-18-21-6-4-5-7-25(21)32/h4-7,10-17,19,37H,8-9,18H2,1-3H3,(H,33,39)(H,34,38). The quantitative estimate of drug-likeness (QED) is 0.226. The van der Waals surface area contributed by atoms with Gasteiger partial charge in [-0.3, -0.25) is 4.79 Å². The van der Waals surface area contributed by atoms with E-state index in [1.807, 2.05) is 48.5 Å². The monoisotopic (exact) mass is 542 g/mol. The molecule has 1 saturated carbocycles. The summed E-state index contributed by atoms with van der Waals surface area (Å²) in [5, 5.41) is 21.6. The summed E-state index contributed by atoms with van der Waals surface area (Å²) in [5.41, 5.74) is 4.66. The number of nitrogens with one attached hydrogen (secondary N) is 2. The highest BCUT2D eigenvalue weighted by Crippen LogP contribution is 2.42. The second kappa shape index (κ2) is 10.6. The molecule has 0 atom stereocenters. The second-order valence-electron chi connectivity index (χ2n) is 10.9. The number of hydrogen-bond acceptors (Lipinski definition) is 4. The van der Waals surface area contributed by atoms with Crippen LogP contribution in [0.15, 0.2) is 72.8 Å². The first-order valence-corrected chi connectivity index (χ1v) is 13.3. The minimum Gasteiger partial charge on any atom is -0.507 e. The van der Waals surface area contributed by atoms with Gasteiger partial charge in [-0.1, -0.05) is 62.7 Å². The van der Waals surface area contributed by atoms with Crippen LogP contribution in [0.5, 0.6) is 5.75 Å². The van der Waals surface area contributed by atoms with Crippen LogP contribution in [0.3, 0.4) is 0 Å².